The van der Waals surface area contributed by atoms with E-state index < -0.39 is 9.84 Å². The smallest absolute Gasteiger partial charge is 0.223 e. The van der Waals surface area contributed by atoms with Crippen molar-refractivity contribution in [2.75, 3.05) is 6.26 Å². The maximum absolute atomic E-state index is 12.2. The van der Waals surface area contributed by atoms with Crippen molar-refractivity contribution in [3.05, 3.63) is 29.3 Å². The number of carbonyl (C=O) groups is 1. The number of rotatable bonds is 4. The molecule has 1 unspecified atom stereocenters. The predicted molar refractivity (Wildman–Crippen MR) is 81.1 cm³/mol. The molecule has 1 aromatic rings. The molecule has 1 fully saturated rings. The second-order valence-electron chi connectivity index (χ2n) is 6.21. The summed E-state index contributed by atoms with van der Waals surface area (Å²) in [6, 6.07) is 5.24. The standard InChI is InChI=1S/C15H19N3O3S/c1-10-3-4-11(7-13(10)22(2,20)21)9-16-14(19)12-5-6-15(8-12)17-18-15/h3-4,7,12H,5-6,8-9H2,1-2H3,(H,16,19). The summed E-state index contributed by atoms with van der Waals surface area (Å²) < 4.78 is 23.4. The van der Waals surface area contributed by atoms with E-state index in [0.717, 1.165) is 18.4 Å². The largest absolute Gasteiger partial charge is 0.352 e. The van der Waals surface area contributed by atoms with Gasteiger partial charge in [-0.05, 0) is 37.0 Å². The summed E-state index contributed by atoms with van der Waals surface area (Å²) in [5.41, 5.74) is 1.25. The Labute approximate surface area is 129 Å². The molecule has 1 spiro atoms. The van der Waals surface area contributed by atoms with Gasteiger partial charge in [-0.25, -0.2) is 8.42 Å². The Morgan fingerprint density at radius 2 is 2.14 bits per heavy atom. The van der Waals surface area contributed by atoms with Gasteiger partial charge in [0, 0.05) is 25.1 Å². The SMILES string of the molecule is Cc1ccc(CNC(=O)C2CCC3(C2)N=N3)cc1S(C)(=O)=O. The molecule has 1 aliphatic heterocycles. The fourth-order valence-electron chi connectivity index (χ4n) is 2.97. The number of hydrogen-bond acceptors (Lipinski definition) is 5. The lowest BCUT2D eigenvalue weighted by Gasteiger charge is -2.12. The Balaban J connectivity index is 1.63. The van der Waals surface area contributed by atoms with E-state index in [4.69, 9.17) is 0 Å². The van der Waals surface area contributed by atoms with E-state index in [1.165, 1.54) is 6.26 Å². The molecular formula is C15H19N3O3S. The lowest BCUT2D eigenvalue weighted by atomic mass is 10.1. The third-order valence-electron chi connectivity index (χ3n) is 4.34. The molecule has 1 aliphatic carbocycles. The fraction of sp³-hybridized carbons (Fsp3) is 0.533. The molecule has 6 nitrogen and oxygen atoms in total. The molecule has 1 heterocycles. The third kappa shape index (κ3) is 3.04. The first-order valence-electron chi connectivity index (χ1n) is 7.30. The number of carbonyl (C=O) groups excluding carboxylic acids is 1. The first-order valence-corrected chi connectivity index (χ1v) is 9.20. The number of amides is 1. The summed E-state index contributed by atoms with van der Waals surface area (Å²) in [7, 11) is -3.25. The van der Waals surface area contributed by atoms with Gasteiger partial charge < -0.3 is 5.32 Å². The molecule has 1 saturated carbocycles. The second kappa shape index (κ2) is 5.15. The van der Waals surface area contributed by atoms with Gasteiger partial charge in [0.15, 0.2) is 15.5 Å². The number of nitrogens with zero attached hydrogens (tertiary/aromatic N) is 2. The Hall–Kier alpha value is -1.76. The molecule has 118 valence electrons. The summed E-state index contributed by atoms with van der Waals surface area (Å²) in [5, 5.41) is 10.9. The normalized spacial score (nSPS) is 22.0. The average molecular weight is 321 g/mol. The third-order valence-corrected chi connectivity index (χ3v) is 5.58. The van der Waals surface area contributed by atoms with Crippen LogP contribution in [0, 0.1) is 12.8 Å². The summed E-state index contributed by atoms with van der Waals surface area (Å²) in [4.78, 5) is 12.5. The average Bonchev–Trinajstić information content (AvgIpc) is 3.06. The van der Waals surface area contributed by atoms with Crippen LogP contribution in [0.2, 0.25) is 0 Å². The molecule has 3 rings (SSSR count). The van der Waals surface area contributed by atoms with Crippen molar-refractivity contribution in [1.29, 1.82) is 0 Å². The van der Waals surface area contributed by atoms with Crippen molar-refractivity contribution < 1.29 is 13.2 Å². The highest BCUT2D eigenvalue weighted by Gasteiger charge is 2.49. The van der Waals surface area contributed by atoms with Gasteiger partial charge in [-0.15, -0.1) is 0 Å². The van der Waals surface area contributed by atoms with E-state index in [1.807, 2.05) is 6.07 Å². The van der Waals surface area contributed by atoms with Gasteiger partial charge in [-0.1, -0.05) is 12.1 Å². The van der Waals surface area contributed by atoms with Crippen molar-refractivity contribution in [3.63, 3.8) is 0 Å². The zero-order chi connectivity index (χ0) is 16.0. The Morgan fingerprint density at radius 3 is 2.73 bits per heavy atom. The number of sulfone groups is 1. The number of benzene rings is 1. The molecule has 0 radical (unpaired) electrons. The summed E-state index contributed by atoms with van der Waals surface area (Å²) >= 11 is 0. The Bertz CT molecular complexity index is 749. The minimum Gasteiger partial charge on any atom is -0.352 e. The van der Waals surface area contributed by atoms with Crippen molar-refractivity contribution in [2.24, 2.45) is 16.1 Å². The van der Waals surface area contributed by atoms with E-state index in [2.05, 4.69) is 15.5 Å². The van der Waals surface area contributed by atoms with Gasteiger partial charge in [0.1, 0.15) is 0 Å². The molecule has 0 bridgehead atoms. The van der Waals surface area contributed by atoms with Crippen LogP contribution in [0.15, 0.2) is 33.3 Å². The molecule has 22 heavy (non-hydrogen) atoms. The maximum Gasteiger partial charge on any atom is 0.223 e. The quantitative estimate of drug-likeness (QED) is 0.919. The fourth-order valence-corrected chi connectivity index (χ4v) is 3.99. The van der Waals surface area contributed by atoms with Crippen molar-refractivity contribution >= 4 is 15.7 Å². The molecule has 1 aromatic carbocycles. The van der Waals surface area contributed by atoms with Gasteiger partial charge >= 0.3 is 0 Å². The lowest BCUT2D eigenvalue weighted by Crippen LogP contribution is -2.29. The van der Waals surface area contributed by atoms with Gasteiger partial charge in [0.25, 0.3) is 0 Å². The zero-order valence-corrected chi connectivity index (χ0v) is 13.5. The van der Waals surface area contributed by atoms with Crippen LogP contribution >= 0.6 is 0 Å². The highest BCUT2D eigenvalue weighted by molar-refractivity contribution is 7.90. The molecule has 0 aromatic heterocycles. The van der Waals surface area contributed by atoms with Crippen LogP contribution in [0.1, 0.15) is 30.4 Å². The zero-order valence-electron chi connectivity index (χ0n) is 12.7. The molecule has 0 saturated heterocycles. The van der Waals surface area contributed by atoms with Crippen LogP contribution in [0.4, 0.5) is 0 Å². The van der Waals surface area contributed by atoms with Crippen molar-refractivity contribution in [1.82, 2.24) is 5.32 Å². The highest BCUT2D eigenvalue weighted by Crippen LogP contribution is 2.46. The van der Waals surface area contributed by atoms with Gasteiger partial charge in [0.05, 0.1) is 4.90 Å². The van der Waals surface area contributed by atoms with Crippen LogP contribution in [0.25, 0.3) is 0 Å². The number of nitrogens with one attached hydrogen (secondary N) is 1. The van der Waals surface area contributed by atoms with E-state index >= 15 is 0 Å². The van der Waals surface area contributed by atoms with Crippen LogP contribution < -0.4 is 5.32 Å². The van der Waals surface area contributed by atoms with Crippen LogP contribution in [0.5, 0.6) is 0 Å². The molecule has 1 amide bonds. The second-order valence-corrected chi connectivity index (χ2v) is 8.20. The maximum atomic E-state index is 12.2. The molecule has 1 N–H and O–H groups in total. The van der Waals surface area contributed by atoms with E-state index in [0.29, 0.717) is 23.4 Å². The van der Waals surface area contributed by atoms with Crippen LogP contribution in [-0.4, -0.2) is 26.2 Å². The van der Waals surface area contributed by atoms with E-state index in [1.54, 1.807) is 19.1 Å². The first kappa shape index (κ1) is 15.1. The van der Waals surface area contributed by atoms with Gasteiger partial charge in [-0.2, -0.15) is 10.2 Å². The highest BCUT2D eigenvalue weighted by atomic mass is 32.2. The van der Waals surface area contributed by atoms with Crippen LogP contribution in [-0.2, 0) is 21.2 Å². The van der Waals surface area contributed by atoms with Crippen molar-refractivity contribution in [2.45, 2.75) is 43.3 Å². The first-order chi connectivity index (χ1) is 10.3. The van der Waals surface area contributed by atoms with Gasteiger partial charge in [-0.3, -0.25) is 4.79 Å². The minimum atomic E-state index is -3.25. The predicted octanol–water partition coefficient (Wildman–Crippen LogP) is 1.98. The number of aryl methyl sites for hydroxylation is 1. The number of hydrogen-bond donors (Lipinski definition) is 1. The van der Waals surface area contributed by atoms with Crippen molar-refractivity contribution in [3.8, 4) is 0 Å². The lowest BCUT2D eigenvalue weighted by molar-refractivity contribution is -0.125. The molecule has 7 heteroatoms. The summed E-state index contributed by atoms with van der Waals surface area (Å²) in [5.74, 6) is -0.0505. The Morgan fingerprint density at radius 1 is 1.41 bits per heavy atom. The summed E-state index contributed by atoms with van der Waals surface area (Å²) in [6.07, 6.45) is 3.55. The molecule has 1 atom stereocenters. The Kier molecular flexibility index (Phi) is 3.55. The topological polar surface area (TPSA) is 88.0 Å². The molecule has 2 aliphatic rings. The summed E-state index contributed by atoms with van der Waals surface area (Å²) in [6.45, 7) is 2.10. The van der Waals surface area contributed by atoms with E-state index in [9.17, 15) is 13.2 Å². The minimum absolute atomic E-state index is 0.00402. The van der Waals surface area contributed by atoms with Crippen LogP contribution in [0.3, 0.4) is 0 Å². The monoisotopic (exact) mass is 321 g/mol. The van der Waals surface area contributed by atoms with Gasteiger partial charge in [0.2, 0.25) is 5.91 Å². The van der Waals surface area contributed by atoms with E-state index in [-0.39, 0.29) is 17.5 Å². The molecular weight excluding hydrogens is 302 g/mol.